The lowest BCUT2D eigenvalue weighted by Gasteiger charge is -2.35. The first-order chi connectivity index (χ1) is 19.1. The number of benzene rings is 2. The number of nitrogens with zero attached hydrogens (tertiary/aromatic N) is 2. The number of carbonyl (C=O) groups is 2. The first-order valence-electron chi connectivity index (χ1n) is 14.8. The minimum atomic E-state index is -0.655. The standard InChI is InChI=1S/C32H43N3O4/c36-31(37)30(26-14-8-3-9-15-26)35-22-27(29(23-35)25-12-6-2-7-13-25)21-34-18-16-28(17-19-34)39-32(38)33-20-24-10-4-1-5-11-24/h1-2,4-7,10-13,26-30H,3,8-9,14-23H2,(H,33,38)(H,36,37). The zero-order valence-corrected chi connectivity index (χ0v) is 22.9. The van der Waals surface area contributed by atoms with Crippen LogP contribution in [0.3, 0.4) is 0 Å². The van der Waals surface area contributed by atoms with Gasteiger partial charge >= 0.3 is 12.1 Å². The van der Waals surface area contributed by atoms with E-state index in [2.05, 4.69) is 39.4 Å². The van der Waals surface area contributed by atoms with E-state index >= 15 is 0 Å². The van der Waals surface area contributed by atoms with E-state index in [1.54, 1.807) is 0 Å². The Morgan fingerprint density at radius 1 is 0.897 bits per heavy atom. The molecule has 7 nitrogen and oxygen atoms in total. The van der Waals surface area contributed by atoms with Crippen LogP contribution in [0.1, 0.15) is 62.0 Å². The lowest BCUT2D eigenvalue weighted by atomic mass is 9.83. The van der Waals surface area contributed by atoms with Gasteiger partial charge in [0, 0.05) is 45.2 Å². The molecule has 2 N–H and O–H groups in total. The van der Waals surface area contributed by atoms with E-state index in [4.69, 9.17) is 4.74 Å². The number of nitrogens with one attached hydrogen (secondary N) is 1. The number of amides is 1. The second-order valence-electron chi connectivity index (χ2n) is 11.7. The molecule has 0 radical (unpaired) electrons. The van der Waals surface area contributed by atoms with E-state index in [1.165, 1.54) is 12.0 Å². The third-order valence-electron chi connectivity index (χ3n) is 9.02. The van der Waals surface area contributed by atoms with E-state index in [0.717, 1.165) is 76.8 Å². The Morgan fingerprint density at radius 2 is 1.56 bits per heavy atom. The normalized spacial score (nSPS) is 24.3. The molecular formula is C32H43N3O4. The molecular weight excluding hydrogens is 490 g/mol. The Hall–Kier alpha value is -2.90. The number of carboxylic acids is 1. The summed E-state index contributed by atoms with van der Waals surface area (Å²) in [4.78, 5) is 29.6. The largest absolute Gasteiger partial charge is 0.480 e. The number of hydrogen-bond donors (Lipinski definition) is 2. The van der Waals surface area contributed by atoms with Gasteiger partial charge in [-0.3, -0.25) is 9.69 Å². The number of alkyl carbamates (subject to hydrolysis) is 1. The number of hydrogen-bond acceptors (Lipinski definition) is 5. The molecule has 2 aromatic rings. The van der Waals surface area contributed by atoms with Crippen molar-refractivity contribution in [1.29, 1.82) is 0 Å². The molecule has 2 aromatic carbocycles. The van der Waals surface area contributed by atoms with Crippen LogP contribution in [0.15, 0.2) is 60.7 Å². The van der Waals surface area contributed by atoms with Crippen LogP contribution < -0.4 is 5.32 Å². The van der Waals surface area contributed by atoms with Gasteiger partial charge in [-0.25, -0.2) is 4.79 Å². The fourth-order valence-electron chi connectivity index (χ4n) is 7.00. The maximum Gasteiger partial charge on any atom is 0.407 e. The van der Waals surface area contributed by atoms with Crippen molar-refractivity contribution >= 4 is 12.1 Å². The van der Waals surface area contributed by atoms with Crippen LogP contribution in [0.2, 0.25) is 0 Å². The Morgan fingerprint density at radius 3 is 2.23 bits per heavy atom. The van der Waals surface area contributed by atoms with Gasteiger partial charge in [0.05, 0.1) is 0 Å². The maximum absolute atomic E-state index is 12.5. The predicted molar refractivity (Wildman–Crippen MR) is 151 cm³/mol. The summed E-state index contributed by atoms with van der Waals surface area (Å²) in [5, 5.41) is 13.1. The zero-order valence-electron chi connectivity index (χ0n) is 22.9. The van der Waals surface area contributed by atoms with E-state index < -0.39 is 5.97 Å². The molecule has 7 heteroatoms. The molecule has 3 atom stereocenters. The van der Waals surface area contributed by atoms with Crippen LogP contribution in [0.4, 0.5) is 4.79 Å². The predicted octanol–water partition coefficient (Wildman–Crippen LogP) is 5.13. The molecule has 3 aliphatic rings. The molecule has 2 saturated heterocycles. The Bertz CT molecular complexity index is 1050. The number of likely N-dealkylation sites (tertiary alicyclic amines) is 2. The molecule has 1 aliphatic carbocycles. The van der Waals surface area contributed by atoms with Gasteiger partial charge in [0.2, 0.25) is 0 Å². The highest BCUT2D eigenvalue weighted by molar-refractivity contribution is 5.74. The molecule has 39 heavy (non-hydrogen) atoms. The molecule has 0 bridgehead atoms. The quantitative estimate of drug-likeness (QED) is 0.465. The number of carbonyl (C=O) groups excluding carboxylic acids is 1. The van der Waals surface area contributed by atoms with Crippen molar-refractivity contribution in [2.75, 3.05) is 32.7 Å². The minimum Gasteiger partial charge on any atom is -0.480 e. The van der Waals surface area contributed by atoms with Gasteiger partial charge in [-0.2, -0.15) is 0 Å². The first-order valence-corrected chi connectivity index (χ1v) is 14.8. The highest BCUT2D eigenvalue weighted by Crippen LogP contribution is 2.38. The molecule has 3 unspecified atom stereocenters. The average Bonchev–Trinajstić information content (AvgIpc) is 3.37. The fourth-order valence-corrected chi connectivity index (χ4v) is 7.00. The molecule has 0 aromatic heterocycles. The van der Waals surface area contributed by atoms with Crippen LogP contribution in [0.5, 0.6) is 0 Å². The lowest BCUT2D eigenvalue weighted by Crippen LogP contribution is -2.46. The van der Waals surface area contributed by atoms with Gasteiger partial charge in [0.25, 0.3) is 0 Å². The molecule has 0 spiro atoms. The second kappa shape index (κ2) is 13.4. The fraction of sp³-hybridized carbons (Fsp3) is 0.562. The summed E-state index contributed by atoms with van der Waals surface area (Å²) in [5.41, 5.74) is 2.36. The molecule has 210 valence electrons. The van der Waals surface area contributed by atoms with Gasteiger partial charge in [-0.05, 0) is 48.6 Å². The van der Waals surface area contributed by atoms with Crippen molar-refractivity contribution in [2.45, 2.75) is 69.6 Å². The third kappa shape index (κ3) is 7.40. The minimum absolute atomic E-state index is 0.0651. The summed E-state index contributed by atoms with van der Waals surface area (Å²) in [5.74, 6) is 0.309. The first kappa shape index (κ1) is 27.7. The Labute approximate surface area is 232 Å². The van der Waals surface area contributed by atoms with Crippen molar-refractivity contribution in [2.24, 2.45) is 11.8 Å². The Kier molecular flexibility index (Phi) is 9.53. The summed E-state index contributed by atoms with van der Waals surface area (Å²) < 4.78 is 5.71. The summed E-state index contributed by atoms with van der Waals surface area (Å²) >= 11 is 0. The highest BCUT2D eigenvalue weighted by Gasteiger charge is 2.43. The maximum atomic E-state index is 12.5. The van der Waals surface area contributed by atoms with Crippen LogP contribution >= 0.6 is 0 Å². The van der Waals surface area contributed by atoms with Crippen molar-refractivity contribution in [3.63, 3.8) is 0 Å². The lowest BCUT2D eigenvalue weighted by molar-refractivity contribution is -0.145. The monoisotopic (exact) mass is 533 g/mol. The zero-order chi connectivity index (χ0) is 27.0. The summed E-state index contributed by atoms with van der Waals surface area (Å²) in [6.45, 7) is 4.82. The van der Waals surface area contributed by atoms with Crippen molar-refractivity contribution < 1.29 is 19.4 Å². The van der Waals surface area contributed by atoms with E-state index in [-0.39, 0.29) is 24.2 Å². The van der Waals surface area contributed by atoms with E-state index in [9.17, 15) is 14.7 Å². The van der Waals surface area contributed by atoms with Gasteiger partial charge in [-0.15, -0.1) is 0 Å². The summed E-state index contributed by atoms with van der Waals surface area (Å²) in [7, 11) is 0. The molecule has 2 aliphatic heterocycles. The number of aliphatic carboxylic acids is 1. The van der Waals surface area contributed by atoms with Crippen molar-refractivity contribution in [1.82, 2.24) is 15.1 Å². The van der Waals surface area contributed by atoms with Gasteiger partial charge in [0.1, 0.15) is 12.1 Å². The van der Waals surface area contributed by atoms with E-state index in [1.807, 2.05) is 36.4 Å². The number of ether oxygens (including phenoxy) is 1. The van der Waals surface area contributed by atoms with Crippen molar-refractivity contribution in [3.05, 3.63) is 71.8 Å². The van der Waals surface area contributed by atoms with Gasteiger partial charge in [-0.1, -0.05) is 79.9 Å². The number of carboxylic acid groups (broad SMARTS) is 1. The topological polar surface area (TPSA) is 82.1 Å². The third-order valence-corrected chi connectivity index (χ3v) is 9.02. The van der Waals surface area contributed by atoms with Crippen LogP contribution in [-0.2, 0) is 16.1 Å². The molecule has 2 heterocycles. The van der Waals surface area contributed by atoms with Crippen molar-refractivity contribution in [3.8, 4) is 0 Å². The van der Waals surface area contributed by atoms with Gasteiger partial charge < -0.3 is 20.1 Å². The number of piperidine rings is 1. The average molecular weight is 534 g/mol. The second-order valence-corrected chi connectivity index (χ2v) is 11.7. The Balaban J connectivity index is 1.16. The SMILES string of the molecule is O=C(NCc1ccccc1)OC1CCN(CC2CN(C(C(=O)O)C3CCCCC3)CC2c2ccccc2)CC1. The highest BCUT2D eigenvalue weighted by atomic mass is 16.6. The van der Waals surface area contributed by atoms with E-state index in [0.29, 0.717) is 18.4 Å². The van der Waals surface area contributed by atoms with Crippen LogP contribution in [0.25, 0.3) is 0 Å². The smallest absolute Gasteiger partial charge is 0.407 e. The van der Waals surface area contributed by atoms with Crippen LogP contribution in [0, 0.1) is 11.8 Å². The molecule has 1 saturated carbocycles. The van der Waals surface area contributed by atoms with Gasteiger partial charge in [0.15, 0.2) is 0 Å². The van der Waals surface area contributed by atoms with Crippen LogP contribution in [-0.4, -0.2) is 71.8 Å². The molecule has 1 amide bonds. The number of rotatable bonds is 9. The summed E-state index contributed by atoms with van der Waals surface area (Å²) in [6.07, 6.45) is 6.81. The summed E-state index contributed by atoms with van der Waals surface area (Å²) in [6, 6.07) is 20.1. The molecule has 5 rings (SSSR count). The molecule has 3 fully saturated rings.